The number of nitrogens with zero attached hydrogens (tertiary/aromatic N) is 2. The Labute approximate surface area is 214 Å². The van der Waals surface area contributed by atoms with Crippen LogP contribution in [0.5, 0.6) is 5.75 Å². The molecule has 0 fully saturated rings. The van der Waals surface area contributed by atoms with Crippen LogP contribution in [0, 0.1) is 16.0 Å². The maximum atomic E-state index is 13.0. The third-order valence-electron chi connectivity index (χ3n) is 4.95. The molecule has 0 aliphatic heterocycles. The molecule has 1 aromatic carbocycles. The minimum atomic E-state index is -1.25. The number of carbonyl (C=O) groups excluding carboxylic acids is 3. The monoisotopic (exact) mass is 531 g/mol. The highest BCUT2D eigenvalue weighted by molar-refractivity contribution is 5.92. The number of benzene rings is 1. The van der Waals surface area contributed by atoms with Gasteiger partial charge in [-0.15, -0.1) is 17.8 Å². The summed E-state index contributed by atoms with van der Waals surface area (Å²) in [5, 5.41) is 24.6. The van der Waals surface area contributed by atoms with Crippen molar-refractivity contribution in [2.24, 2.45) is 22.4 Å². The van der Waals surface area contributed by atoms with Crippen molar-refractivity contribution in [3.8, 4) is 5.75 Å². The minimum absolute atomic E-state index is 0. The van der Waals surface area contributed by atoms with E-state index in [2.05, 4.69) is 15.6 Å². The number of hydrogen-bond donors (Lipinski definition) is 6. The minimum Gasteiger partial charge on any atom is -0.508 e. The average Bonchev–Trinajstić information content (AvgIpc) is 2.78. The summed E-state index contributed by atoms with van der Waals surface area (Å²) in [6.07, 6.45) is 0.377. The van der Waals surface area contributed by atoms with E-state index >= 15 is 0 Å². The number of phenolic OH excluding ortho intramolecular Hbond substituents is 1. The van der Waals surface area contributed by atoms with Gasteiger partial charge in [-0.1, -0.05) is 26.0 Å². The molecular weight excluding hydrogens is 498 g/mol. The average molecular weight is 532 g/mol. The highest BCUT2D eigenvalue weighted by Crippen LogP contribution is 2.13. The largest absolute Gasteiger partial charge is 0.508 e. The van der Waals surface area contributed by atoms with Crippen LogP contribution in [-0.4, -0.2) is 65.7 Å². The van der Waals surface area contributed by atoms with Gasteiger partial charge in [-0.3, -0.25) is 14.6 Å². The fraction of sp³-hybridized carbons (Fsp3) is 0.524. The van der Waals surface area contributed by atoms with Crippen LogP contribution in [-0.2, 0) is 25.5 Å². The molecule has 0 aromatic heterocycles. The van der Waals surface area contributed by atoms with Gasteiger partial charge in [-0.25, -0.2) is 14.9 Å². The zero-order chi connectivity index (χ0) is 26.5. The molecular formula is C21H34ClN7O7. The number of rotatable bonds is 14. The number of phenols is 1. The van der Waals surface area contributed by atoms with E-state index in [9.17, 15) is 29.6 Å². The van der Waals surface area contributed by atoms with E-state index in [-0.39, 0.29) is 49.9 Å². The second-order valence-electron chi connectivity index (χ2n) is 8.07. The highest BCUT2D eigenvalue weighted by Gasteiger charge is 2.32. The number of nitrogens with two attached hydrogens (primary N) is 2. The number of aromatic hydroxyl groups is 1. The predicted octanol–water partition coefficient (Wildman–Crippen LogP) is -0.641. The first-order valence-corrected chi connectivity index (χ1v) is 10.9. The molecule has 1 aromatic rings. The van der Waals surface area contributed by atoms with Crippen LogP contribution in [0.1, 0.15) is 32.3 Å². The van der Waals surface area contributed by atoms with Crippen LogP contribution in [0.4, 0.5) is 0 Å². The fourth-order valence-corrected chi connectivity index (χ4v) is 3.14. The Morgan fingerprint density at radius 3 is 2.22 bits per heavy atom. The van der Waals surface area contributed by atoms with Crippen LogP contribution in [0.2, 0.25) is 0 Å². The van der Waals surface area contributed by atoms with Gasteiger partial charge in [0.05, 0.1) is 7.11 Å². The number of nitrogens with one attached hydrogen (secondary N) is 3. The summed E-state index contributed by atoms with van der Waals surface area (Å²) in [6, 6.07) is 2.66. The number of amides is 2. The molecule has 0 aliphatic rings. The number of guanidine groups is 1. The number of nitro groups is 1. The first-order valence-electron chi connectivity index (χ1n) is 10.9. The van der Waals surface area contributed by atoms with E-state index in [1.165, 1.54) is 19.2 Å². The third kappa shape index (κ3) is 11.6. The quantitative estimate of drug-likeness (QED) is 0.0444. The molecule has 36 heavy (non-hydrogen) atoms. The summed E-state index contributed by atoms with van der Waals surface area (Å²) in [5.41, 5.74) is 13.1. The number of methoxy groups -OCH3 is 1. The van der Waals surface area contributed by atoms with Crippen molar-refractivity contribution in [3.63, 3.8) is 0 Å². The van der Waals surface area contributed by atoms with Crippen molar-refractivity contribution in [2.45, 2.75) is 51.2 Å². The molecule has 0 saturated heterocycles. The molecule has 0 bridgehead atoms. The van der Waals surface area contributed by atoms with Gasteiger partial charge in [0, 0.05) is 13.0 Å². The van der Waals surface area contributed by atoms with Crippen molar-refractivity contribution in [3.05, 3.63) is 39.9 Å². The summed E-state index contributed by atoms with van der Waals surface area (Å²) >= 11 is 0. The lowest BCUT2D eigenvalue weighted by Gasteiger charge is -2.26. The van der Waals surface area contributed by atoms with Crippen molar-refractivity contribution in [1.82, 2.24) is 16.1 Å². The molecule has 0 spiro atoms. The van der Waals surface area contributed by atoms with E-state index in [1.54, 1.807) is 26.0 Å². The molecule has 0 aliphatic carbocycles. The SMILES string of the molecule is COC(=O)[C@H](Cc1ccc(O)cc1)NC(=O)[C@@H](NC(=O)[C@H](CCCN=C(N)N)N[N+](=O)[O-])C(C)C.Cl. The molecule has 3 atom stereocenters. The fourth-order valence-electron chi connectivity index (χ4n) is 3.14. The summed E-state index contributed by atoms with van der Waals surface area (Å²) in [5.74, 6) is -2.64. The number of aliphatic imine (C=N–C) groups is 1. The first kappa shape index (κ1) is 32.2. The van der Waals surface area contributed by atoms with E-state index in [4.69, 9.17) is 16.2 Å². The second kappa shape index (κ2) is 16.0. The number of hydrazine groups is 1. The van der Waals surface area contributed by atoms with Gasteiger partial charge in [0.15, 0.2) is 17.0 Å². The molecule has 8 N–H and O–H groups in total. The third-order valence-corrected chi connectivity index (χ3v) is 4.95. The van der Waals surface area contributed by atoms with Crippen LogP contribution >= 0.6 is 12.4 Å². The topological polar surface area (TPSA) is 224 Å². The van der Waals surface area contributed by atoms with Crippen molar-refractivity contribution >= 4 is 36.2 Å². The van der Waals surface area contributed by atoms with Gasteiger partial charge in [0.2, 0.25) is 11.8 Å². The number of hydrogen-bond acceptors (Lipinski definition) is 8. The zero-order valence-electron chi connectivity index (χ0n) is 20.3. The summed E-state index contributed by atoms with van der Waals surface area (Å²) in [6.45, 7) is 3.51. The van der Waals surface area contributed by atoms with Crippen LogP contribution in [0.25, 0.3) is 0 Å². The molecule has 2 amide bonds. The number of halogens is 1. The van der Waals surface area contributed by atoms with Crippen LogP contribution in [0.15, 0.2) is 29.3 Å². The smallest absolute Gasteiger partial charge is 0.328 e. The Hall–Kier alpha value is -3.81. The molecule has 0 saturated carbocycles. The Kier molecular flexibility index (Phi) is 14.3. The number of esters is 1. The number of carbonyl (C=O) groups is 3. The molecule has 0 heterocycles. The van der Waals surface area contributed by atoms with Gasteiger partial charge >= 0.3 is 5.97 Å². The van der Waals surface area contributed by atoms with Crippen molar-refractivity contribution in [1.29, 1.82) is 0 Å². The molecule has 14 nitrogen and oxygen atoms in total. The van der Waals surface area contributed by atoms with Crippen molar-refractivity contribution in [2.75, 3.05) is 13.7 Å². The summed E-state index contributed by atoms with van der Waals surface area (Å²) in [4.78, 5) is 52.8. The van der Waals surface area contributed by atoms with E-state index < -0.39 is 46.9 Å². The maximum absolute atomic E-state index is 13.0. The zero-order valence-corrected chi connectivity index (χ0v) is 21.1. The second-order valence-corrected chi connectivity index (χ2v) is 8.07. The lowest BCUT2D eigenvalue weighted by molar-refractivity contribution is -0.548. The molecule has 0 unspecified atom stereocenters. The molecule has 0 radical (unpaired) electrons. The van der Waals surface area contributed by atoms with Crippen molar-refractivity contribution < 1.29 is 29.3 Å². The maximum Gasteiger partial charge on any atom is 0.328 e. The van der Waals surface area contributed by atoms with Gasteiger partial charge in [-0.2, -0.15) is 0 Å². The van der Waals surface area contributed by atoms with Gasteiger partial charge in [0.1, 0.15) is 17.8 Å². The Bertz CT molecular complexity index is 908. The van der Waals surface area contributed by atoms with Gasteiger partial charge in [-0.05, 0) is 36.5 Å². The summed E-state index contributed by atoms with van der Waals surface area (Å²) in [7, 11) is 1.18. The standard InChI is InChI=1S/C21H33N7O7.ClH/c1-12(2)17(26-18(30)15(27-28(33)34)5-4-10-24-21(22)23)19(31)25-16(20(32)35-3)11-13-6-8-14(29)9-7-13;/h6-9,12,15-17,27,29H,4-5,10-11H2,1-3H3,(H,25,31)(H,26,30)(H4,22,23,24);1H/t15-,16-,17-;/m0./s1. The van der Waals surface area contributed by atoms with Gasteiger partial charge < -0.3 is 31.9 Å². The first-order chi connectivity index (χ1) is 16.4. The normalized spacial score (nSPS) is 12.8. The molecule has 15 heteroatoms. The van der Waals surface area contributed by atoms with E-state index in [0.717, 1.165) is 0 Å². The lowest BCUT2D eigenvalue weighted by atomic mass is 10.0. The number of ether oxygens (including phenoxy) is 1. The van der Waals surface area contributed by atoms with E-state index in [1.807, 2.05) is 5.43 Å². The van der Waals surface area contributed by atoms with E-state index in [0.29, 0.717) is 5.56 Å². The Morgan fingerprint density at radius 2 is 1.72 bits per heavy atom. The Balaban J connectivity index is 0.0000122. The van der Waals surface area contributed by atoms with Crippen LogP contribution < -0.4 is 27.5 Å². The highest BCUT2D eigenvalue weighted by atomic mass is 35.5. The molecule has 202 valence electrons. The lowest BCUT2D eigenvalue weighted by Crippen LogP contribution is -2.57. The Morgan fingerprint density at radius 1 is 1.11 bits per heavy atom. The van der Waals surface area contributed by atoms with Crippen LogP contribution in [0.3, 0.4) is 0 Å². The molecule has 1 rings (SSSR count). The predicted molar refractivity (Wildman–Crippen MR) is 134 cm³/mol. The van der Waals surface area contributed by atoms with Gasteiger partial charge in [0.25, 0.3) is 0 Å². The summed E-state index contributed by atoms with van der Waals surface area (Å²) < 4.78 is 4.78.